The van der Waals surface area contributed by atoms with Gasteiger partial charge in [0.25, 0.3) is 0 Å². The van der Waals surface area contributed by atoms with Crippen LogP contribution in [0.25, 0.3) is 6.08 Å². The van der Waals surface area contributed by atoms with Crippen molar-refractivity contribution in [2.24, 2.45) is 0 Å². The molecule has 1 saturated heterocycles. The second-order valence-electron chi connectivity index (χ2n) is 4.81. The van der Waals surface area contributed by atoms with Crippen LogP contribution in [0.3, 0.4) is 0 Å². The Morgan fingerprint density at radius 2 is 2.24 bits per heavy atom. The number of nitrogens with zero attached hydrogens (tertiary/aromatic N) is 1. The summed E-state index contributed by atoms with van der Waals surface area (Å²) in [6.07, 6.45) is 3.42. The number of hydrogen-bond acceptors (Lipinski definition) is 4. The Balaban J connectivity index is 2.14. The van der Waals surface area contributed by atoms with Crippen molar-refractivity contribution in [1.29, 1.82) is 0 Å². The molecule has 2 rings (SSSR count). The van der Waals surface area contributed by atoms with Gasteiger partial charge < -0.3 is 10.6 Å². The van der Waals surface area contributed by atoms with Crippen LogP contribution < -0.4 is 11.1 Å². The van der Waals surface area contributed by atoms with Crippen molar-refractivity contribution in [1.82, 2.24) is 10.2 Å². The highest BCUT2D eigenvalue weighted by Gasteiger charge is 2.34. The van der Waals surface area contributed by atoms with E-state index in [9.17, 15) is 14.4 Å². The highest BCUT2D eigenvalue weighted by Crippen LogP contribution is 2.12. The molecule has 3 N–H and O–H groups in total. The van der Waals surface area contributed by atoms with Crippen LogP contribution in [-0.4, -0.2) is 35.2 Å². The summed E-state index contributed by atoms with van der Waals surface area (Å²) in [6.45, 7) is 1.69. The standard InChI is InChI=1S/C15H17N3O3/c1-2-12-15(21)17-13(19)9-18(12)14(20)7-6-10-4-3-5-11(16)8-10/h3-8,12H,2,9,16H2,1H3,(H,17,19,21)/b7-6+. The van der Waals surface area contributed by atoms with E-state index in [-0.39, 0.29) is 12.5 Å². The van der Waals surface area contributed by atoms with Gasteiger partial charge in [-0.3, -0.25) is 19.7 Å². The van der Waals surface area contributed by atoms with E-state index in [1.54, 1.807) is 31.2 Å². The summed E-state index contributed by atoms with van der Waals surface area (Å²) in [7, 11) is 0. The maximum Gasteiger partial charge on any atom is 0.249 e. The molecular weight excluding hydrogens is 270 g/mol. The van der Waals surface area contributed by atoms with Crippen molar-refractivity contribution in [2.75, 3.05) is 12.3 Å². The highest BCUT2D eigenvalue weighted by atomic mass is 16.2. The highest BCUT2D eigenvalue weighted by molar-refractivity contribution is 6.06. The zero-order chi connectivity index (χ0) is 15.4. The second kappa shape index (κ2) is 6.21. The van der Waals surface area contributed by atoms with Crippen LogP contribution in [0.15, 0.2) is 30.3 Å². The number of carbonyl (C=O) groups is 3. The third-order valence-electron chi connectivity index (χ3n) is 3.25. The minimum Gasteiger partial charge on any atom is -0.399 e. The van der Waals surface area contributed by atoms with Crippen LogP contribution in [0.2, 0.25) is 0 Å². The van der Waals surface area contributed by atoms with Gasteiger partial charge >= 0.3 is 0 Å². The fraction of sp³-hybridized carbons (Fsp3) is 0.267. The molecule has 6 heteroatoms. The number of nitrogens with one attached hydrogen (secondary N) is 1. The van der Waals surface area contributed by atoms with Crippen molar-refractivity contribution in [2.45, 2.75) is 19.4 Å². The van der Waals surface area contributed by atoms with Gasteiger partial charge in [-0.1, -0.05) is 19.1 Å². The van der Waals surface area contributed by atoms with E-state index in [1.807, 2.05) is 6.07 Å². The number of amides is 3. The normalized spacial score (nSPS) is 18.9. The first kappa shape index (κ1) is 14.8. The second-order valence-corrected chi connectivity index (χ2v) is 4.81. The fourth-order valence-electron chi connectivity index (χ4n) is 2.23. The monoisotopic (exact) mass is 287 g/mol. The summed E-state index contributed by atoms with van der Waals surface area (Å²) < 4.78 is 0. The van der Waals surface area contributed by atoms with E-state index in [2.05, 4.69) is 5.32 Å². The summed E-state index contributed by atoms with van der Waals surface area (Å²) in [5.41, 5.74) is 7.04. The molecule has 110 valence electrons. The van der Waals surface area contributed by atoms with E-state index in [4.69, 9.17) is 5.73 Å². The Kier molecular flexibility index (Phi) is 4.37. The topological polar surface area (TPSA) is 92.5 Å². The van der Waals surface area contributed by atoms with Crippen LogP contribution in [0.4, 0.5) is 5.69 Å². The molecule has 0 aromatic heterocycles. The SMILES string of the molecule is CCC1C(=O)NC(=O)CN1C(=O)/C=C/c1cccc(N)c1. The Hall–Kier alpha value is -2.63. The van der Waals surface area contributed by atoms with Crippen molar-refractivity contribution < 1.29 is 14.4 Å². The Morgan fingerprint density at radius 1 is 1.48 bits per heavy atom. The molecule has 0 spiro atoms. The average molecular weight is 287 g/mol. The largest absolute Gasteiger partial charge is 0.399 e. The molecule has 1 fully saturated rings. The Morgan fingerprint density at radius 3 is 2.90 bits per heavy atom. The zero-order valence-electron chi connectivity index (χ0n) is 11.7. The molecule has 1 aliphatic heterocycles. The number of imide groups is 1. The molecule has 0 radical (unpaired) electrons. The van der Waals surface area contributed by atoms with Crippen LogP contribution in [0.1, 0.15) is 18.9 Å². The van der Waals surface area contributed by atoms with Gasteiger partial charge in [0.05, 0.1) is 0 Å². The number of piperazine rings is 1. The number of nitrogens with two attached hydrogens (primary N) is 1. The van der Waals surface area contributed by atoms with E-state index in [1.165, 1.54) is 11.0 Å². The molecule has 0 bridgehead atoms. The van der Waals surface area contributed by atoms with E-state index in [0.29, 0.717) is 12.1 Å². The first-order chi connectivity index (χ1) is 10.0. The quantitative estimate of drug-likeness (QED) is 0.482. The predicted molar refractivity (Wildman–Crippen MR) is 78.8 cm³/mol. The summed E-state index contributed by atoms with van der Waals surface area (Å²) in [5, 5.41) is 2.23. The zero-order valence-corrected chi connectivity index (χ0v) is 11.7. The van der Waals surface area contributed by atoms with Crippen LogP contribution in [0.5, 0.6) is 0 Å². The number of carbonyl (C=O) groups excluding carboxylic acids is 3. The van der Waals surface area contributed by atoms with E-state index >= 15 is 0 Å². The number of benzene rings is 1. The van der Waals surface area contributed by atoms with Gasteiger partial charge in [0.1, 0.15) is 12.6 Å². The third kappa shape index (κ3) is 3.47. The molecule has 21 heavy (non-hydrogen) atoms. The average Bonchev–Trinajstić information content (AvgIpc) is 2.44. The van der Waals surface area contributed by atoms with Crippen molar-refractivity contribution >= 4 is 29.5 Å². The Labute approximate surface area is 122 Å². The van der Waals surface area contributed by atoms with Crippen LogP contribution >= 0.6 is 0 Å². The van der Waals surface area contributed by atoms with Crippen molar-refractivity contribution in [3.8, 4) is 0 Å². The lowest BCUT2D eigenvalue weighted by Gasteiger charge is -2.32. The van der Waals surface area contributed by atoms with Crippen LogP contribution in [-0.2, 0) is 14.4 Å². The number of hydrogen-bond donors (Lipinski definition) is 2. The molecular formula is C15H17N3O3. The minimum atomic E-state index is -0.610. The van der Waals surface area contributed by atoms with Gasteiger partial charge in [-0.15, -0.1) is 0 Å². The molecule has 3 amide bonds. The summed E-state index contributed by atoms with van der Waals surface area (Å²) in [5.74, 6) is -1.26. The number of rotatable bonds is 3. The molecule has 6 nitrogen and oxygen atoms in total. The Bertz CT molecular complexity index is 610. The first-order valence-electron chi connectivity index (χ1n) is 6.69. The minimum absolute atomic E-state index is 0.107. The first-order valence-corrected chi connectivity index (χ1v) is 6.69. The van der Waals surface area contributed by atoms with Gasteiger partial charge in [-0.2, -0.15) is 0 Å². The van der Waals surface area contributed by atoms with Gasteiger partial charge in [0, 0.05) is 11.8 Å². The maximum absolute atomic E-state index is 12.2. The molecule has 1 aromatic carbocycles. The predicted octanol–water partition coefficient (Wildman–Crippen LogP) is 0.546. The van der Waals surface area contributed by atoms with Crippen molar-refractivity contribution in [3.63, 3.8) is 0 Å². The van der Waals surface area contributed by atoms with E-state index < -0.39 is 17.9 Å². The van der Waals surface area contributed by atoms with Gasteiger partial charge in [0.15, 0.2) is 0 Å². The molecule has 0 saturated carbocycles. The van der Waals surface area contributed by atoms with Gasteiger partial charge in [-0.05, 0) is 30.2 Å². The lowest BCUT2D eigenvalue weighted by Crippen LogP contribution is -2.59. The smallest absolute Gasteiger partial charge is 0.249 e. The van der Waals surface area contributed by atoms with E-state index in [0.717, 1.165) is 5.56 Å². The molecule has 1 unspecified atom stereocenters. The molecule has 1 atom stereocenters. The van der Waals surface area contributed by atoms with Gasteiger partial charge in [-0.25, -0.2) is 0 Å². The molecule has 1 aromatic rings. The number of anilines is 1. The summed E-state index contributed by atoms with van der Waals surface area (Å²) in [6, 6.07) is 6.47. The fourth-order valence-corrected chi connectivity index (χ4v) is 2.23. The lowest BCUT2D eigenvalue weighted by molar-refractivity contribution is -0.147. The number of nitrogen functional groups attached to an aromatic ring is 1. The van der Waals surface area contributed by atoms with Crippen molar-refractivity contribution in [3.05, 3.63) is 35.9 Å². The summed E-state index contributed by atoms with van der Waals surface area (Å²) >= 11 is 0. The summed E-state index contributed by atoms with van der Waals surface area (Å²) in [4.78, 5) is 36.6. The third-order valence-corrected chi connectivity index (χ3v) is 3.25. The van der Waals surface area contributed by atoms with Gasteiger partial charge in [0.2, 0.25) is 17.7 Å². The van der Waals surface area contributed by atoms with Crippen LogP contribution in [0, 0.1) is 0 Å². The molecule has 1 heterocycles. The molecule has 1 aliphatic rings. The lowest BCUT2D eigenvalue weighted by atomic mass is 10.1. The molecule has 0 aliphatic carbocycles. The maximum atomic E-state index is 12.2.